The van der Waals surface area contributed by atoms with E-state index in [4.69, 9.17) is 4.42 Å². The summed E-state index contributed by atoms with van der Waals surface area (Å²) in [6.07, 6.45) is 0.899. The van der Waals surface area contributed by atoms with Crippen molar-refractivity contribution >= 4 is 16.9 Å². The molecule has 7 nitrogen and oxygen atoms in total. The molecule has 1 saturated heterocycles. The quantitative estimate of drug-likeness (QED) is 0.509. The number of carbonyl (C=O) groups excluding carboxylic acids is 1. The van der Waals surface area contributed by atoms with Gasteiger partial charge in [0.15, 0.2) is 0 Å². The number of rotatable bonds is 5. The first kappa shape index (κ1) is 21.4. The summed E-state index contributed by atoms with van der Waals surface area (Å²) < 4.78 is 7.69. The molecule has 2 aromatic carbocycles. The molecule has 1 aliphatic heterocycles. The van der Waals surface area contributed by atoms with Crippen LogP contribution in [0.5, 0.6) is 0 Å². The van der Waals surface area contributed by atoms with Gasteiger partial charge in [-0.1, -0.05) is 36.4 Å². The Bertz CT molecular complexity index is 1240. The summed E-state index contributed by atoms with van der Waals surface area (Å²) in [7, 11) is 1.82. The van der Waals surface area contributed by atoms with Gasteiger partial charge in [0.25, 0.3) is 5.91 Å². The van der Waals surface area contributed by atoms with Crippen LogP contribution in [-0.2, 0) is 7.05 Å². The second-order valence-electron chi connectivity index (χ2n) is 8.48. The second kappa shape index (κ2) is 9.21. The van der Waals surface area contributed by atoms with E-state index in [0.29, 0.717) is 25.3 Å². The molecule has 1 aliphatic rings. The largest absolute Gasteiger partial charge is 0.456 e. The zero-order valence-electron chi connectivity index (χ0n) is 18.8. The van der Waals surface area contributed by atoms with Gasteiger partial charge < -0.3 is 14.4 Å². The van der Waals surface area contributed by atoms with Crippen molar-refractivity contribution in [1.29, 1.82) is 0 Å². The Hall–Kier alpha value is -3.42. The molecule has 1 N–H and O–H groups in total. The maximum atomic E-state index is 13.3. The van der Waals surface area contributed by atoms with Gasteiger partial charge in [-0.3, -0.25) is 14.4 Å². The molecule has 0 atom stereocenters. The zero-order valence-corrected chi connectivity index (χ0v) is 18.8. The monoisotopic (exact) mass is 444 g/mol. The van der Waals surface area contributed by atoms with E-state index < -0.39 is 0 Å². The molecule has 1 fully saturated rings. The Balaban J connectivity index is 1.38. The van der Waals surface area contributed by atoms with Crippen LogP contribution in [0.2, 0.25) is 0 Å². The number of para-hydroxylation sites is 1. The van der Waals surface area contributed by atoms with Crippen molar-refractivity contribution in [3.05, 3.63) is 66.4 Å². The van der Waals surface area contributed by atoms with Gasteiger partial charge in [-0.05, 0) is 37.2 Å². The fourth-order valence-electron chi connectivity index (χ4n) is 4.47. The molecular formula is C26H28N4O3. The molecule has 0 aliphatic carbocycles. The van der Waals surface area contributed by atoms with E-state index in [1.54, 1.807) is 4.68 Å². The number of β-amino-alcohol motifs (C(OH)–C–C–N with tert-alkyl or cyclic N) is 1. The summed E-state index contributed by atoms with van der Waals surface area (Å²) in [5.74, 6) is 0.804. The molecule has 3 heterocycles. The number of carbonyl (C=O) groups is 1. The highest BCUT2D eigenvalue weighted by molar-refractivity contribution is 5.94. The van der Waals surface area contributed by atoms with Gasteiger partial charge in [0.1, 0.15) is 17.0 Å². The lowest BCUT2D eigenvalue weighted by Gasteiger charge is -2.21. The predicted molar refractivity (Wildman–Crippen MR) is 128 cm³/mol. The minimum atomic E-state index is -0.00413. The maximum Gasteiger partial charge on any atom is 0.272 e. The number of hydrogen-bond donors (Lipinski definition) is 1. The molecule has 0 spiro atoms. The molecule has 1 amide bonds. The SMILES string of the molecule is Cn1nc(-c2cccc(-c3cc4ccccc4o3)c2)cc1C(=O)N1CCCN(CCO)CC1. The number of aliphatic hydroxyl groups is 1. The third-order valence-electron chi connectivity index (χ3n) is 6.26. The summed E-state index contributed by atoms with van der Waals surface area (Å²) in [4.78, 5) is 17.3. The molecule has 4 aromatic rings. The Morgan fingerprint density at radius 2 is 1.85 bits per heavy atom. The molecule has 0 saturated carbocycles. The van der Waals surface area contributed by atoms with Gasteiger partial charge in [0.2, 0.25) is 0 Å². The second-order valence-corrected chi connectivity index (χ2v) is 8.48. The minimum Gasteiger partial charge on any atom is -0.456 e. The zero-order chi connectivity index (χ0) is 22.8. The van der Waals surface area contributed by atoms with Gasteiger partial charge in [-0.15, -0.1) is 0 Å². The number of amides is 1. The van der Waals surface area contributed by atoms with Crippen molar-refractivity contribution in [2.45, 2.75) is 6.42 Å². The van der Waals surface area contributed by atoms with Crippen LogP contribution in [0, 0.1) is 0 Å². The Morgan fingerprint density at radius 1 is 1.00 bits per heavy atom. The van der Waals surface area contributed by atoms with Gasteiger partial charge in [-0.25, -0.2) is 0 Å². The van der Waals surface area contributed by atoms with Crippen molar-refractivity contribution in [2.75, 3.05) is 39.3 Å². The van der Waals surface area contributed by atoms with Gasteiger partial charge in [-0.2, -0.15) is 5.10 Å². The molecule has 170 valence electrons. The lowest BCUT2D eigenvalue weighted by molar-refractivity contribution is 0.0749. The fraction of sp³-hybridized carbons (Fsp3) is 0.308. The van der Waals surface area contributed by atoms with Crippen molar-refractivity contribution in [1.82, 2.24) is 19.6 Å². The fourth-order valence-corrected chi connectivity index (χ4v) is 4.47. The van der Waals surface area contributed by atoms with Gasteiger partial charge in [0.05, 0.1) is 12.3 Å². The third-order valence-corrected chi connectivity index (χ3v) is 6.26. The van der Waals surface area contributed by atoms with E-state index in [2.05, 4.69) is 10.00 Å². The first-order valence-corrected chi connectivity index (χ1v) is 11.4. The first-order valence-electron chi connectivity index (χ1n) is 11.4. The van der Waals surface area contributed by atoms with Crippen LogP contribution in [0.4, 0.5) is 0 Å². The van der Waals surface area contributed by atoms with Gasteiger partial charge in [0, 0.05) is 49.7 Å². The van der Waals surface area contributed by atoms with Crippen LogP contribution < -0.4 is 0 Å². The number of hydrogen-bond acceptors (Lipinski definition) is 5. The average Bonchev–Trinajstić information content (AvgIpc) is 3.36. The molecule has 0 radical (unpaired) electrons. The topological polar surface area (TPSA) is 74.7 Å². The molecule has 33 heavy (non-hydrogen) atoms. The number of fused-ring (bicyclic) bond motifs is 1. The van der Waals surface area contributed by atoms with Crippen LogP contribution in [0.25, 0.3) is 33.6 Å². The van der Waals surface area contributed by atoms with E-state index in [9.17, 15) is 9.90 Å². The summed E-state index contributed by atoms with van der Waals surface area (Å²) in [5.41, 5.74) is 4.11. The maximum absolute atomic E-state index is 13.3. The number of aliphatic hydroxyl groups excluding tert-OH is 1. The number of nitrogens with zero attached hydrogens (tertiary/aromatic N) is 4. The summed E-state index contributed by atoms with van der Waals surface area (Å²) >= 11 is 0. The van der Waals surface area contributed by atoms with Crippen LogP contribution in [0.1, 0.15) is 16.9 Å². The Labute approximate surface area is 192 Å². The van der Waals surface area contributed by atoms with Crippen LogP contribution in [0.15, 0.2) is 65.1 Å². The van der Waals surface area contributed by atoms with E-state index in [-0.39, 0.29) is 12.5 Å². The normalized spacial score (nSPS) is 15.2. The number of aromatic nitrogens is 2. The predicted octanol–water partition coefficient (Wildman–Crippen LogP) is 3.64. The molecule has 2 aromatic heterocycles. The smallest absolute Gasteiger partial charge is 0.272 e. The lowest BCUT2D eigenvalue weighted by atomic mass is 10.1. The molecule has 0 bridgehead atoms. The summed E-state index contributed by atoms with van der Waals surface area (Å²) in [6, 6.07) is 19.9. The minimum absolute atomic E-state index is 0.00413. The molecule has 5 rings (SSSR count). The Kier molecular flexibility index (Phi) is 5.98. The third kappa shape index (κ3) is 4.42. The average molecular weight is 445 g/mol. The van der Waals surface area contributed by atoms with E-state index in [1.807, 2.05) is 72.6 Å². The lowest BCUT2D eigenvalue weighted by Crippen LogP contribution is -2.36. The number of furan rings is 1. The molecule has 0 unspecified atom stereocenters. The Morgan fingerprint density at radius 3 is 2.70 bits per heavy atom. The van der Waals surface area contributed by atoms with Crippen molar-refractivity contribution in [3.63, 3.8) is 0 Å². The van der Waals surface area contributed by atoms with Crippen LogP contribution in [0.3, 0.4) is 0 Å². The highest BCUT2D eigenvalue weighted by Gasteiger charge is 2.23. The summed E-state index contributed by atoms with van der Waals surface area (Å²) in [6.45, 7) is 3.83. The van der Waals surface area contributed by atoms with Crippen LogP contribution in [-0.4, -0.2) is 69.9 Å². The van der Waals surface area contributed by atoms with E-state index in [1.165, 1.54) is 0 Å². The van der Waals surface area contributed by atoms with Crippen molar-refractivity contribution < 1.29 is 14.3 Å². The number of aryl methyl sites for hydroxylation is 1. The highest BCUT2D eigenvalue weighted by atomic mass is 16.3. The molecular weight excluding hydrogens is 416 g/mol. The van der Waals surface area contributed by atoms with Gasteiger partial charge >= 0.3 is 0 Å². The standard InChI is InChI=1S/C26H28N4O3/c1-28-23(26(32)30-11-5-10-29(12-13-30)14-15-31)18-22(27-28)19-7-4-8-20(16-19)25-17-21-6-2-3-9-24(21)33-25/h2-4,6-9,16-18,31H,5,10-15H2,1H3. The van der Waals surface area contributed by atoms with E-state index >= 15 is 0 Å². The molecule has 7 heteroatoms. The van der Waals surface area contributed by atoms with E-state index in [0.717, 1.165) is 53.1 Å². The first-order chi connectivity index (χ1) is 16.1. The summed E-state index contributed by atoms with van der Waals surface area (Å²) in [5, 5.41) is 14.9. The van der Waals surface area contributed by atoms with Crippen molar-refractivity contribution in [2.24, 2.45) is 7.05 Å². The highest BCUT2D eigenvalue weighted by Crippen LogP contribution is 2.30. The van der Waals surface area contributed by atoms with Crippen molar-refractivity contribution in [3.8, 4) is 22.6 Å². The number of benzene rings is 2. The van der Waals surface area contributed by atoms with Crippen LogP contribution >= 0.6 is 0 Å².